The number of hydrogen-bond acceptors (Lipinski definition) is 2. The monoisotopic (exact) mass is 291 g/mol. The summed E-state index contributed by atoms with van der Waals surface area (Å²) in [6, 6.07) is 19.9. The van der Waals surface area contributed by atoms with Gasteiger partial charge in [-0.3, -0.25) is 4.79 Å². The average Bonchev–Trinajstić information content (AvgIpc) is 2.56. The predicted molar refractivity (Wildman–Crippen MR) is 84.3 cm³/mol. The lowest BCUT2D eigenvalue weighted by molar-refractivity contribution is -0.907. The second kappa shape index (κ2) is 6.55. The van der Waals surface area contributed by atoms with Crippen molar-refractivity contribution in [1.82, 2.24) is 0 Å². The maximum absolute atomic E-state index is 12.5. The van der Waals surface area contributed by atoms with E-state index in [1.807, 2.05) is 36.4 Å². The third kappa shape index (κ3) is 3.08. The highest BCUT2D eigenvalue weighted by Gasteiger charge is 2.27. The topological polar surface area (TPSA) is 45.3 Å². The van der Waals surface area contributed by atoms with E-state index in [2.05, 4.69) is 24.3 Å². The second-order valence-electron chi connectivity index (χ2n) is 5.81. The minimum Gasteiger partial charge on any atom is -0.325 e. The summed E-state index contributed by atoms with van der Waals surface area (Å²) < 4.78 is 0. The molecule has 3 nitrogen and oxygen atoms in total. The fourth-order valence-electron chi connectivity index (χ4n) is 3.12. The number of rotatable bonds is 4. The van der Waals surface area contributed by atoms with Crippen LogP contribution in [0.4, 0.5) is 0 Å². The van der Waals surface area contributed by atoms with Gasteiger partial charge in [0.2, 0.25) is 5.78 Å². The van der Waals surface area contributed by atoms with Crippen LogP contribution in [0, 0.1) is 11.3 Å². The van der Waals surface area contributed by atoms with Gasteiger partial charge in [-0.1, -0.05) is 54.6 Å². The molecule has 1 unspecified atom stereocenters. The summed E-state index contributed by atoms with van der Waals surface area (Å²) in [5.41, 5.74) is 3.51. The van der Waals surface area contributed by atoms with Gasteiger partial charge in [0, 0.05) is 12.0 Å². The van der Waals surface area contributed by atoms with Crippen molar-refractivity contribution in [3.8, 4) is 6.07 Å². The quantitative estimate of drug-likeness (QED) is 0.928. The third-order valence-electron chi connectivity index (χ3n) is 4.31. The van der Waals surface area contributed by atoms with E-state index in [-0.39, 0.29) is 5.78 Å². The number of nitrogens with one attached hydrogen (secondary N) is 1. The molecule has 0 aliphatic carbocycles. The van der Waals surface area contributed by atoms with Gasteiger partial charge in [-0.05, 0) is 11.1 Å². The van der Waals surface area contributed by atoms with Gasteiger partial charge in [0.25, 0.3) is 0 Å². The Morgan fingerprint density at radius 3 is 2.50 bits per heavy atom. The van der Waals surface area contributed by atoms with E-state index in [9.17, 15) is 10.1 Å². The predicted octanol–water partition coefficient (Wildman–Crippen LogP) is 1.50. The van der Waals surface area contributed by atoms with Crippen molar-refractivity contribution in [1.29, 1.82) is 5.26 Å². The van der Waals surface area contributed by atoms with Gasteiger partial charge in [-0.2, -0.15) is 5.26 Å². The van der Waals surface area contributed by atoms with E-state index in [0.29, 0.717) is 6.54 Å². The molecule has 3 heteroatoms. The Kier molecular flexibility index (Phi) is 4.32. The van der Waals surface area contributed by atoms with Crippen LogP contribution in [0.3, 0.4) is 0 Å². The van der Waals surface area contributed by atoms with Gasteiger partial charge in [-0.15, -0.1) is 0 Å². The molecular weight excluding hydrogens is 272 g/mol. The molecule has 0 saturated heterocycles. The van der Waals surface area contributed by atoms with Crippen LogP contribution in [0.1, 0.15) is 22.6 Å². The lowest BCUT2D eigenvalue weighted by Gasteiger charge is -2.25. The molecule has 2 aromatic carbocycles. The molecule has 0 fully saturated rings. The first-order valence-corrected chi connectivity index (χ1v) is 7.65. The molecule has 22 heavy (non-hydrogen) atoms. The fraction of sp³-hybridized carbons (Fsp3) is 0.263. The van der Waals surface area contributed by atoms with E-state index < -0.39 is 5.92 Å². The molecule has 0 saturated carbocycles. The summed E-state index contributed by atoms with van der Waals surface area (Å²) in [5.74, 6) is -0.631. The Labute approximate surface area is 130 Å². The van der Waals surface area contributed by atoms with Gasteiger partial charge in [0.1, 0.15) is 19.0 Å². The summed E-state index contributed by atoms with van der Waals surface area (Å²) in [4.78, 5) is 13.8. The average molecular weight is 291 g/mol. The maximum Gasteiger partial charge on any atom is 0.208 e. The Balaban J connectivity index is 1.69. The maximum atomic E-state index is 12.5. The molecule has 0 amide bonds. The molecule has 1 heterocycles. The Morgan fingerprint density at radius 2 is 1.77 bits per heavy atom. The van der Waals surface area contributed by atoms with E-state index in [0.717, 1.165) is 25.1 Å². The summed E-state index contributed by atoms with van der Waals surface area (Å²) >= 11 is 0. The number of hydrogen-bond donors (Lipinski definition) is 1. The SMILES string of the molecule is N#C[C@H](C(=O)C[NH+]1CCc2ccccc2C1)c1ccccc1. The normalized spacial score (nSPS) is 18.0. The van der Waals surface area contributed by atoms with Gasteiger partial charge < -0.3 is 4.90 Å². The molecule has 1 N–H and O–H groups in total. The molecule has 110 valence electrons. The molecule has 2 aromatic rings. The molecule has 3 rings (SSSR count). The lowest BCUT2D eigenvalue weighted by atomic mass is 9.94. The number of ketones is 1. The highest BCUT2D eigenvalue weighted by molar-refractivity contribution is 5.89. The van der Waals surface area contributed by atoms with E-state index >= 15 is 0 Å². The highest BCUT2D eigenvalue weighted by Crippen LogP contribution is 2.15. The zero-order valence-electron chi connectivity index (χ0n) is 12.5. The van der Waals surface area contributed by atoms with Crippen LogP contribution >= 0.6 is 0 Å². The largest absolute Gasteiger partial charge is 0.325 e. The highest BCUT2D eigenvalue weighted by atomic mass is 16.1. The standard InChI is InChI=1S/C19H18N2O/c20-12-18(16-7-2-1-3-8-16)19(22)14-21-11-10-15-6-4-5-9-17(15)13-21/h1-9,18H,10-11,13-14H2/p+1/t18-/m0/s1. The number of carbonyl (C=O) groups is 1. The number of quaternary nitrogens is 1. The smallest absolute Gasteiger partial charge is 0.208 e. The minimum absolute atomic E-state index is 0.0167. The van der Waals surface area contributed by atoms with Crippen LogP contribution < -0.4 is 4.90 Å². The van der Waals surface area contributed by atoms with Gasteiger partial charge in [-0.25, -0.2) is 0 Å². The number of nitriles is 1. The number of carbonyl (C=O) groups excluding carboxylic acids is 1. The van der Waals surface area contributed by atoms with E-state index in [1.54, 1.807) is 0 Å². The summed E-state index contributed by atoms with van der Waals surface area (Å²) in [5, 5.41) is 9.36. The number of benzene rings is 2. The second-order valence-corrected chi connectivity index (χ2v) is 5.81. The van der Waals surface area contributed by atoms with Crippen molar-refractivity contribution in [3.63, 3.8) is 0 Å². The van der Waals surface area contributed by atoms with E-state index in [4.69, 9.17) is 0 Å². The van der Waals surface area contributed by atoms with Gasteiger partial charge in [0.15, 0.2) is 0 Å². The van der Waals surface area contributed by atoms with Crippen molar-refractivity contribution in [3.05, 3.63) is 71.3 Å². The molecule has 0 aromatic heterocycles. The van der Waals surface area contributed by atoms with Crippen molar-refractivity contribution >= 4 is 5.78 Å². The summed E-state index contributed by atoms with van der Waals surface area (Å²) in [6.07, 6.45) is 1.00. The van der Waals surface area contributed by atoms with Crippen molar-refractivity contribution < 1.29 is 9.69 Å². The zero-order chi connectivity index (χ0) is 15.4. The van der Waals surface area contributed by atoms with Crippen LogP contribution in [-0.2, 0) is 17.8 Å². The first-order chi connectivity index (χ1) is 10.8. The number of Topliss-reactive ketones (excluding diaryl/α,β-unsaturated/α-hetero) is 1. The summed E-state index contributed by atoms with van der Waals surface area (Å²) in [6.45, 7) is 2.24. The zero-order valence-corrected chi connectivity index (χ0v) is 12.5. The molecular formula is C19H19N2O+. The lowest BCUT2D eigenvalue weighted by Crippen LogP contribution is -3.12. The van der Waals surface area contributed by atoms with Crippen LogP contribution in [-0.4, -0.2) is 18.9 Å². The summed E-state index contributed by atoms with van der Waals surface area (Å²) in [7, 11) is 0. The Hall–Kier alpha value is -2.44. The Bertz CT molecular complexity index is 703. The molecule has 1 aliphatic rings. The van der Waals surface area contributed by atoms with Crippen molar-refractivity contribution in [2.45, 2.75) is 18.9 Å². The van der Waals surface area contributed by atoms with Gasteiger partial charge >= 0.3 is 0 Å². The van der Waals surface area contributed by atoms with E-state index in [1.165, 1.54) is 16.0 Å². The van der Waals surface area contributed by atoms with Crippen LogP contribution in [0.2, 0.25) is 0 Å². The van der Waals surface area contributed by atoms with Crippen LogP contribution in [0.5, 0.6) is 0 Å². The molecule has 0 spiro atoms. The minimum atomic E-state index is -0.647. The molecule has 0 radical (unpaired) electrons. The number of nitrogens with zero attached hydrogens (tertiary/aromatic N) is 1. The molecule has 2 atom stereocenters. The first-order valence-electron chi connectivity index (χ1n) is 7.65. The molecule has 0 bridgehead atoms. The van der Waals surface area contributed by atoms with Crippen molar-refractivity contribution in [2.75, 3.05) is 13.1 Å². The number of fused-ring (bicyclic) bond motifs is 1. The molecule has 1 aliphatic heterocycles. The van der Waals surface area contributed by atoms with Crippen LogP contribution in [0.15, 0.2) is 54.6 Å². The van der Waals surface area contributed by atoms with Crippen molar-refractivity contribution in [2.24, 2.45) is 0 Å². The third-order valence-corrected chi connectivity index (χ3v) is 4.31. The Morgan fingerprint density at radius 1 is 1.09 bits per heavy atom. The first kappa shape index (κ1) is 14.5. The van der Waals surface area contributed by atoms with Crippen LogP contribution in [0.25, 0.3) is 0 Å². The fourth-order valence-corrected chi connectivity index (χ4v) is 3.12. The van der Waals surface area contributed by atoms with Gasteiger partial charge in [0.05, 0.1) is 12.6 Å².